The molecule has 2 heterocycles. The van der Waals surface area contributed by atoms with Crippen LogP contribution in [0, 0.1) is 19.8 Å². The van der Waals surface area contributed by atoms with Gasteiger partial charge in [-0.15, -0.1) is 0 Å². The summed E-state index contributed by atoms with van der Waals surface area (Å²) in [6, 6.07) is 3.14. The SMILES string of the molecule is Cc1nn(CC(C)C)c(C)c1S(=O)(=O)N(C)[C@H](C)c1ccco1. The Balaban J connectivity index is 2.42. The number of hydrogen-bond acceptors (Lipinski definition) is 4. The van der Waals surface area contributed by atoms with E-state index in [2.05, 4.69) is 18.9 Å². The Morgan fingerprint density at radius 1 is 1.30 bits per heavy atom. The highest BCUT2D eigenvalue weighted by Crippen LogP contribution is 2.29. The third kappa shape index (κ3) is 3.35. The highest BCUT2D eigenvalue weighted by atomic mass is 32.2. The molecule has 0 aliphatic heterocycles. The minimum Gasteiger partial charge on any atom is -0.468 e. The number of nitrogens with zero attached hydrogens (tertiary/aromatic N) is 3. The first-order valence-electron chi connectivity index (χ1n) is 7.71. The number of aromatic nitrogens is 2. The fraction of sp³-hybridized carbons (Fsp3) is 0.562. The highest BCUT2D eigenvalue weighted by Gasteiger charge is 2.32. The van der Waals surface area contributed by atoms with Crippen LogP contribution in [-0.4, -0.2) is 29.6 Å². The van der Waals surface area contributed by atoms with Gasteiger partial charge in [0.15, 0.2) is 0 Å². The maximum atomic E-state index is 13.0. The second-order valence-electron chi connectivity index (χ2n) is 6.29. The Hall–Kier alpha value is -1.60. The van der Waals surface area contributed by atoms with Crippen molar-refractivity contribution in [3.8, 4) is 0 Å². The zero-order valence-electron chi connectivity index (χ0n) is 14.6. The lowest BCUT2D eigenvalue weighted by Gasteiger charge is -2.23. The maximum absolute atomic E-state index is 13.0. The smallest absolute Gasteiger partial charge is 0.247 e. The van der Waals surface area contributed by atoms with Crippen molar-refractivity contribution >= 4 is 10.0 Å². The predicted molar refractivity (Wildman–Crippen MR) is 88.6 cm³/mol. The first-order chi connectivity index (χ1) is 10.7. The van der Waals surface area contributed by atoms with E-state index in [9.17, 15) is 8.42 Å². The average Bonchev–Trinajstić information content (AvgIpc) is 3.06. The van der Waals surface area contributed by atoms with Crippen LogP contribution in [0.5, 0.6) is 0 Å². The van der Waals surface area contributed by atoms with Crippen LogP contribution in [0.25, 0.3) is 0 Å². The average molecular weight is 339 g/mol. The van der Waals surface area contributed by atoms with Gasteiger partial charge in [0.2, 0.25) is 10.0 Å². The summed E-state index contributed by atoms with van der Waals surface area (Å²) in [5, 5.41) is 4.41. The molecular formula is C16H25N3O3S. The first kappa shape index (κ1) is 17.7. The number of sulfonamides is 1. The molecule has 0 spiro atoms. The van der Waals surface area contributed by atoms with Crippen molar-refractivity contribution in [1.29, 1.82) is 0 Å². The van der Waals surface area contributed by atoms with Gasteiger partial charge in [0.05, 0.1) is 23.7 Å². The summed E-state index contributed by atoms with van der Waals surface area (Å²) in [7, 11) is -2.08. The zero-order chi connectivity index (χ0) is 17.4. The molecule has 0 saturated carbocycles. The summed E-state index contributed by atoms with van der Waals surface area (Å²) in [6.45, 7) is 10.2. The Labute approximate surface area is 138 Å². The van der Waals surface area contributed by atoms with Crippen molar-refractivity contribution in [2.45, 2.75) is 52.1 Å². The molecule has 0 amide bonds. The lowest BCUT2D eigenvalue weighted by molar-refractivity contribution is 0.339. The number of furan rings is 1. The van der Waals surface area contributed by atoms with Gasteiger partial charge in [-0.25, -0.2) is 8.42 Å². The summed E-state index contributed by atoms with van der Waals surface area (Å²) in [6.07, 6.45) is 1.55. The van der Waals surface area contributed by atoms with Crippen LogP contribution in [0.15, 0.2) is 27.7 Å². The summed E-state index contributed by atoms with van der Waals surface area (Å²) >= 11 is 0. The van der Waals surface area contributed by atoms with Gasteiger partial charge >= 0.3 is 0 Å². The van der Waals surface area contributed by atoms with Gasteiger partial charge in [0, 0.05) is 13.6 Å². The van der Waals surface area contributed by atoms with Crippen LogP contribution in [0.3, 0.4) is 0 Å². The highest BCUT2D eigenvalue weighted by molar-refractivity contribution is 7.89. The molecule has 0 radical (unpaired) electrons. The fourth-order valence-electron chi connectivity index (χ4n) is 2.64. The third-order valence-corrected chi connectivity index (χ3v) is 6.17. The first-order valence-corrected chi connectivity index (χ1v) is 9.15. The van der Waals surface area contributed by atoms with Gasteiger partial charge in [-0.1, -0.05) is 13.8 Å². The van der Waals surface area contributed by atoms with Gasteiger partial charge in [-0.05, 0) is 38.8 Å². The predicted octanol–water partition coefficient (Wildman–Crippen LogP) is 3.13. The molecule has 7 heteroatoms. The van der Waals surface area contributed by atoms with Crippen LogP contribution >= 0.6 is 0 Å². The van der Waals surface area contributed by atoms with Gasteiger partial charge < -0.3 is 4.42 Å². The van der Waals surface area contributed by atoms with E-state index in [-0.39, 0.29) is 6.04 Å². The molecule has 0 saturated heterocycles. The normalized spacial score (nSPS) is 13.9. The molecule has 1 atom stereocenters. The van der Waals surface area contributed by atoms with Crippen LogP contribution < -0.4 is 0 Å². The van der Waals surface area contributed by atoms with Gasteiger partial charge in [-0.2, -0.15) is 9.40 Å². The van der Waals surface area contributed by atoms with E-state index in [4.69, 9.17) is 4.42 Å². The molecule has 6 nitrogen and oxygen atoms in total. The standard InChI is InChI=1S/C16H25N3O3S/c1-11(2)10-19-14(5)16(12(3)17-19)23(20,21)18(6)13(4)15-8-7-9-22-15/h7-9,11,13H,10H2,1-6H3/t13-/m1/s1. The molecule has 0 fully saturated rings. The molecule has 23 heavy (non-hydrogen) atoms. The van der Waals surface area contributed by atoms with E-state index >= 15 is 0 Å². The lowest BCUT2D eigenvalue weighted by Crippen LogP contribution is -2.30. The summed E-state index contributed by atoms with van der Waals surface area (Å²) in [4.78, 5) is 0.291. The Morgan fingerprint density at radius 2 is 1.96 bits per heavy atom. The Kier molecular flexibility index (Phi) is 5.01. The van der Waals surface area contributed by atoms with Crippen molar-refractivity contribution < 1.29 is 12.8 Å². The molecule has 2 aromatic heterocycles. The van der Waals surface area contributed by atoms with E-state index in [0.717, 1.165) is 0 Å². The van der Waals surface area contributed by atoms with Crippen molar-refractivity contribution in [2.24, 2.45) is 5.92 Å². The molecule has 2 rings (SSSR count). The third-order valence-electron chi connectivity index (χ3n) is 3.99. The van der Waals surface area contributed by atoms with Gasteiger partial charge in [-0.3, -0.25) is 4.68 Å². The quantitative estimate of drug-likeness (QED) is 0.811. The van der Waals surface area contributed by atoms with E-state index in [1.807, 2.05) is 0 Å². The second-order valence-corrected chi connectivity index (χ2v) is 8.22. The molecule has 0 aromatic carbocycles. The monoisotopic (exact) mass is 339 g/mol. The molecule has 0 aliphatic rings. The van der Waals surface area contributed by atoms with Crippen molar-refractivity contribution in [3.05, 3.63) is 35.5 Å². The van der Waals surface area contributed by atoms with Crippen LogP contribution in [-0.2, 0) is 16.6 Å². The van der Waals surface area contributed by atoms with Crippen molar-refractivity contribution in [3.63, 3.8) is 0 Å². The molecule has 0 N–H and O–H groups in total. The molecular weight excluding hydrogens is 314 g/mol. The van der Waals surface area contributed by atoms with Gasteiger partial charge in [0.1, 0.15) is 10.7 Å². The second kappa shape index (κ2) is 6.49. The maximum Gasteiger partial charge on any atom is 0.247 e. The Morgan fingerprint density at radius 3 is 2.48 bits per heavy atom. The molecule has 0 bridgehead atoms. The minimum absolute atomic E-state index is 0.291. The molecule has 0 unspecified atom stereocenters. The van der Waals surface area contributed by atoms with Crippen LogP contribution in [0.1, 0.15) is 44.0 Å². The number of hydrogen-bond donors (Lipinski definition) is 0. The number of rotatable bonds is 6. The zero-order valence-corrected chi connectivity index (χ0v) is 15.4. The summed E-state index contributed by atoms with van der Waals surface area (Å²) in [5.74, 6) is 1.00. The van der Waals surface area contributed by atoms with Gasteiger partial charge in [0.25, 0.3) is 0 Å². The fourth-order valence-corrected chi connectivity index (χ4v) is 4.34. The van der Waals surface area contributed by atoms with Crippen molar-refractivity contribution in [2.75, 3.05) is 7.05 Å². The van der Waals surface area contributed by atoms with E-state index < -0.39 is 10.0 Å². The lowest BCUT2D eigenvalue weighted by atomic mass is 10.2. The Bertz CT molecular complexity index is 761. The molecule has 128 valence electrons. The van der Waals surface area contributed by atoms with Crippen molar-refractivity contribution in [1.82, 2.24) is 14.1 Å². The van der Waals surface area contributed by atoms with E-state index in [1.165, 1.54) is 4.31 Å². The van der Waals surface area contributed by atoms with Crippen LogP contribution in [0.4, 0.5) is 0 Å². The number of aryl methyl sites for hydroxylation is 1. The van der Waals surface area contributed by atoms with E-state index in [1.54, 1.807) is 50.9 Å². The molecule has 0 aliphatic carbocycles. The minimum atomic E-state index is -3.65. The topological polar surface area (TPSA) is 68.3 Å². The largest absolute Gasteiger partial charge is 0.468 e. The summed E-state index contributed by atoms with van der Waals surface area (Å²) in [5.41, 5.74) is 1.20. The molecule has 2 aromatic rings. The van der Waals surface area contributed by atoms with E-state index in [0.29, 0.717) is 34.5 Å². The van der Waals surface area contributed by atoms with Crippen LogP contribution in [0.2, 0.25) is 0 Å². The summed E-state index contributed by atoms with van der Waals surface area (Å²) < 4.78 is 34.5.